The smallest absolute Gasteiger partial charge is 0.327 e. The standard InChI is InChI=1S/C12H10BrFN2O3/c1-2-3-9(11(17)18)15-12(19)16-10-6-7(14)4-5-8(10)13/h1,4-6,9H,3H2,(H,17,18)(H2,15,16,19). The Morgan fingerprint density at radius 2 is 2.21 bits per heavy atom. The molecule has 100 valence electrons. The third kappa shape index (κ3) is 4.60. The van der Waals surface area contributed by atoms with Gasteiger partial charge in [0, 0.05) is 10.9 Å². The predicted molar refractivity (Wildman–Crippen MR) is 71.1 cm³/mol. The Morgan fingerprint density at radius 1 is 1.53 bits per heavy atom. The number of carbonyl (C=O) groups is 2. The summed E-state index contributed by atoms with van der Waals surface area (Å²) in [7, 11) is 0. The van der Waals surface area contributed by atoms with E-state index < -0.39 is 23.9 Å². The van der Waals surface area contributed by atoms with Crippen LogP contribution >= 0.6 is 15.9 Å². The second-order valence-electron chi connectivity index (χ2n) is 3.52. The summed E-state index contributed by atoms with van der Waals surface area (Å²) < 4.78 is 13.5. The van der Waals surface area contributed by atoms with Crippen LogP contribution in [0.5, 0.6) is 0 Å². The van der Waals surface area contributed by atoms with Crippen molar-refractivity contribution in [2.75, 3.05) is 5.32 Å². The van der Waals surface area contributed by atoms with E-state index in [0.717, 1.165) is 6.07 Å². The van der Waals surface area contributed by atoms with Gasteiger partial charge < -0.3 is 15.7 Å². The molecule has 5 nitrogen and oxygen atoms in total. The van der Waals surface area contributed by atoms with E-state index in [1.165, 1.54) is 12.1 Å². The summed E-state index contributed by atoms with van der Waals surface area (Å²) in [6, 6.07) is 1.75. The minimum Gasteiger partial charge on any atom is -0.480 e. The van der Waals surface area contributed by atoms with E-state index in [9.17, 15) is 14.0 Å². The minimum absolute atomic E-state index is 0.146. The second kappa shape index (κ2) is 6.75. The molecule has 0 saturated carbocycles. The number of amides is 2. The van der Waals surface area contributed by atoms with Crippen LogP contribution in [0, 0.1) is 18.2 Å². The number of nitrogens with one attached hydrogen (secondary N) is 2. The van der Waals surface area contributed by atoms with Gasteiger partial charge in [0.05, 0.1) is 5.69 Å². The van der Waals surface area contributed by atoms with Crippen LogP contribution in [0.1, 0.15) is 6.42 Å². The van der Waals surface area contributed by atoms with E-state index in [0.29, 0.717) is 4.47 Å². The summed E-state index contributed by atoms with van der Waals surface area (Å²) in [5.41, 5.74) is 0.183. The number of halogens is 2. The Bertz CT molecular complexity index is 542. The highest BCUT2D eigenvalue weighted by molar-refractivity contribution is 9.10. The van der Waals surface area contributed by atoms with Crippen LogP contribution < -0.4 is 10.6 Å². The maximum Gasteiger partial charge on any atom is 0.327 e. The summed E-state index contributed by atoms with van der Waals surface area (Å²) in [5.74, 6) is 0.372. The largest absolute Gasteiger partial charge is 0.480 e. The molecule has 1 atom stereocenters. The molecule has 1 aromatic carbocycles. The van der Waals surface area contributed by atoms with E-state index in [2.05, 4.69) is 32.5 Å². The molecule has 0 aliphatic heterocycles. The topological polar surface area (TPSA) is 78.4 Å². The van der Waals surface area contributed by atoms with Crippen LogP contribution in [0.15, 0.2) is 22.7 Å². The van der Waals surface area contributed by atoms with Gasteiger partial charge in [-0.25, -0.2) is 14.0 Å². The lowest BCUT2D eigenvalue weighted by atomic mass is 10.2. The number of carboxylic acids is 1. The SMILES string of the molecule is C#CCC(NC(=O)Nc1cc(F)ccc1Br)C(=O)O. The number of hydrogen-bond donors (Lipinski definition) is 3. The van der Waals surface area contributed by atoms with Crippen LogP contribution in [0.25, 0.3) is 0 Å². The number of benzene rings is 1. The van der Waals surface area contributed by atoms with Gasteiger partial charge in [0.2, 0.25) is 0 Å². The van der Waals surface area contributed by atoms with E-state index >= 15 is 0 Å². The van der Waals surface area contributed by atoms with Gasteiger partial charge in [0.1, 0.15) is 11.9 Å². The quantitative estimate of drug-likeness (QED) is 0.741. The van der Waals surface area contributed by atoms with Crippen LogP contribution in [0.3, 0.4) is 0 Å². The van der Waals surface area contributed by atoms with Crippen molar-refractivity contribution in [3.63, 3.8) is 0 Å². The summed E-state index contributed by atoms with van der Waals surface area (Å²) in [4.78, 5) is 22.4. The maximum atomic E-state index is 13.0. The van der Waals surface area contributed by atoms with Gasteiger partial charge in [0.25, 0.3) is 0 Å². The second-order valence-corrected chi connectivity index (χ2v) is 4.38. The summed E-state index contributed by atoms with van der Waals surface area (Å²) in [5, 5.41) is 13.3. The predicted octanol–water partition coefficient (Wildman–Crippen LogP) is 2.19. The van der Waals surface area contributed by atoms with Gasteiger partial charge in [0.15, 0.2) is 0 Å². The monoisotopic (exact) mass is 328 g/mol. The summed E-state index contributed by atoms with van der Waals surface area (Å²) in [6.07, 6.45) is 4.85. The van der Waals surface area contributed by atoms with Crippen LogP contribution in [-0.2, 0) is 4.79 Å². The third-order valence-corrected chi connectivity index (χ3v) is 2.79. The van der Waals surface area contributed by atoms with Crippen LogP contribution in [0.2, 0.25) is 0 Å². The fraction of sp³-hybridized carbons (Fsp3) is 0.167. The molecule has 0 radical (unpaired) electrons. The number of aliphatic carboxylic acids is 1. The number of hydrogen-bond acceptors (Lipinski definition) is 2. The molecule has 1 aromatic rings. The fourth-order valence-corrected chi connectivity index (χ4v) is 1.57. The molecule has 2 amide bonds. The molecule has 1 unspecified atom stereocenters. The first-order chi connectivity index (χ1) is 8.93. The molecule has 1 rings (SSSR count). The Labute approximate surface area is 117 Å². The Kier molecular flexibility index (Phi) is 5.33. The van der Waals surface area contributed by atoms with Crippen LogP contribution in [-0.4, -0.2) is 23.1 Å². The fourth-order valence-electron chi connectivity index (χ4n) is 1.23. The first-order valence-corrected chi connectivity index (χ1v) is 5.92. The van der Waals surface area contributed by atoms with Gasteiger partial charge in [-0.05, 0) is 34.1 Å². The van der Waals surface area contributed by atoms with E-state index in [1.54, 1.807) is 0 Å². The van der Waals surface area contributed by atoms with Gasteiger partial charge in [-0.3, -0.25) is 0 Å². The number of carboxylic acid groups (broad SMARTS) is 1. The molecule has 7 heteroatoms. The first-order valence-electron chi connectivity index (χ1n) is 5.13. The molecular weight excluding hydrogens is 319 g/mol. The van der Waals surface area contributed by atoms with Gasteiger partial charge in [-0.2, -0.15) is 0 Å². The molecule has 0 saturated heterocycles. The van der Waals surface area contributed by atoms with Crippen molar-refractivity contribution in [3.05, 3.63) is 28.5 Å². The maximum absolute atomic E-state index is 13.0. The Balaban J connectivity index is 2.72. The van der Waals surface area contributed by atoms with E-state index in [4.69, 9.17) is 11.5 Å². The molecule has 3 N–H and O–H groups in total. The van der Waals surface area contributed by atoms with Gasteiger partial charge in [-0.15, -0.1) is 12.3 Å². The zero-order chi connectivity index (χ0) is 14.4. The highest BCUT2D eigenvalue weighted by atomic mass is 79.9. The van der Waals surface area contributed by atoms with E-state index in [-0.39, 0.29) is 12.1 Å². The molecule has 19 heavy (non-hydrogen) atoms. The molecule has 0 aliphatic rings. The van der Waals surface area contributed by atoms with Crippen LogP contribution in [0.4, 0.5) is 14.9 Å². The Morgan fingerprint density at radius 3 is 2.79 bits per heavy atom. The Hall–Kier alpha value is -2.07. The molecular formula is C12H10BrFN2O3. The number of anilines is 1. The van der Waals surface area contributed by atoms with Gasteiger partial charge >= 0.3 is 12.0 Å². The highest BCUT2D eigenvalue weighted by Crippen LogP contribution is 2.22. The number of urea groups is 1. The average molecular weight is 329 g/mol. The van der Waals surface area contributed by atoms with Crippen molar-refractivity contribution < 1.29 is 19.1 Å². The third-order valence-electron chi connectivity index (χ3n) is 2.10. The number of carbonyl (C=O) groups excluding carboxylic acids is 1. The highest BCUT2D eigenvalue weighted by Gasteiger charge is 2.19. The van der Waals surface area contributed by atoms with E-state index in [1.807, 2.05) is 0 Å². The molecule has 0 bridgehead atoms. The number of rotatable bonds is 4. The van der Waals surface area contributed by atoms with Crippen molar-refractivity contribution in [1.29, 1.82) is 0 Å². The normalized spacial score (nSPS) is 11.2. The molecule has 0 spiro atoms. The first kappa shape index (κ1) is 15.0. The van der Waals surface area contributed by atoms with Crippen molar-refractivity contribution in [3.8, 4) is 12.3 Å². The molecule has 0 heterocycles. The summed E-state index contributed by atoms with van der Waals surface area (Å²) >= 11 is 3.13. The lowest BCUT2D eigenvalue weighted by molar-refractivity contribution is -0.139. The zero-order valence-corrected chi connectivity index (χ0v) is 11.2. The molecule has 0 fully saturated rings. The summed E-state index contributed by atoms with van der Waals surface area (Å²) in [6.45, 7) is 0. The average Bonchev–Trinajstić information content (AvgIpc) is 2.33. The lowest BCUT2D eigenvalue weighted by Gasteiger charge is -2.13. The lowest BCUT2D eigenvalue weighted by Crippen LogP contribution is -2.42. The molecule has 0 aromatic heterocycles. The van der Waals surface area contributed by atoms with Gasteiger partial charge in [-0.1, -0.05) is 0 Å². The van der Waals surface area contributed by atoms with Crippen molar-refractivity contribution >= 4 is 33.6 Å². The number of terminal acetylenes is 1. The van der Waals surface area contributed by atoms with Crippen molar-refractivity contribution in [2.45, 2.75) is 12.5 Å². The van der Waals surface area contributed by atoms with Crippen molar-refractivity contribution in [1.82, 2.24) is 5.32 Å². The minimum atomic E-state index is -1.24. The molecule has 0 aliphatic carbocycles. The zero-order valence-electron chi connectivity index (χ0n) is 9.61. The van der Waals surface area contributed by atoms with Crippen molar-refractivity contribution in [2.24, 2.45) is 0 Å².